The molecule has 0 spiro atoms. The molecule has 0 heterocycles. The summed E-state index contributed by atoms with van der Waals surface area (Å²) in [6.07, 6.45) is 7.12. The lowest BCUT2D eigenvalue weighted by atomic mass is 9.85. The van der Waals surface area contributed by atoms with E-state index in [1.54, 1.807) is 6.92 Å². The Balaban J connectivity index is 2.24. The maximum Gasteiger partial charge on any atom is 0.150 e. The van der Waals surface area contributed by atoms with E-state index in [4.69, 9.17) is 11.6 Å². The van der Waals surface area contributed by atoms with Gasteiger partial charge in [0, 0.05) is 6.42 Å². The number of hydrogen-bond donors (Lipinski definition) is 0. The number of carbonyl (C=O) groups is 1. The SMILES string of the molecule is CC(Cl)C(=O)CC1CCCCC1. The van der Waals surface area contributed by atoms with Gasteiger partial charge in [-0.15, -0.1) is 11.6 Å². The molecule has 1 aliphatic rings. The first-order valence-corrected chi connectivity index (χ1v) is 5.30. The topological polar surface area (TPSA) is 17.1 Å². The van der Waals surface area contributed by atoms with Gasteiger partial charge in [0.05, 0.1) is 5.38 Å². The average molecular weight is 189 g/mol. The molecule has 0 radical (unpaired) electrons. The molecule has 1 fully saturated rings. The summed E-state index contributed by atoms with van der Waals surface area (Å²) in [5.74, 6) is 0.857. The minimum atomic E-state index is -0.285. The predicted octanol–water partition coefficient (Wildman–Crippen LogP) is 3.15. The van der Waals surface area contributed by atoms with Crippen LogP contribution in [0.3, 0.4) is 0 Å². The van der Waals surface area contributed by atoms with Crippen molar-refractivity contribution in [2.75, 3.05) is 0 Å². The molecule has 1 nitrogen and oxygen atoms in total. The summed E-state index contributed by atoms with van der Waals surface area (Å²) in [5, 5.41) is -0.285. The van der Waals surface area contributed by atoms with Crippen LogP contribution < -0.4 is 0 Å². The van der Waals surface area contributed by atoms with Crippen molar-refractivity contribution in [3.8, 4) is 0 Å². The van der Waals surface area contributed by atoms with Gasteiger partial charge in [-0.3, -0.25) is 4.79 Å². The van der Waals surface area contributed by atoms with Crippen LogP contribution in [0.25, 0.3) is 0 Å². The first-order chi connectivity index (χ1) is 5.70. The highest BCUT2D eigenvalue weighted by atomic mass is 35.5. The number of ketones is 1. The molecule has 0 aromatic heterocycles. The molecular weight excluding hydrogens is 172 g/mol. The molecule has 0 aliphatic heterocycles. The Bertz CT molecular complexity index is 148. The van der Waals surface area contributed by atoms with Crippen molar-refractivity contribution in [2.24, 2.45) is 5.92 Å². The van der Waals surface area contributed by atoms with E-state index in [-0.39, 0.29) is 11.2 Å². The van der Waals surface area contributed by atoms with Crippen molar-refractivity contribution in [3.63, 3.8) is 0 Å². The molecule has 1 unspecified atom stereocenters. The zero-order valence-electron chi connectivity index (χ0n) is 7.68. The van der Waals surface area contributed by atoms with Crippen molar-refractivity contribution < 1.29 is 4.79 Å². The van der Waals surface area contributed by atoms with E-state index in [1.165, 1.54) is 32.1 Å². The zero-order chi connectivity index (χ0) is 8.97. The lowest BCUT2D eigenvalue weighted by molar-refractivity contribution is -0.119. The van der Waals surface area contributed by atoms with Crippen molar-refractivity contribution in [2.45, 2.75) is 50.8 Å². The number of alkyl halides is 1. The van der Waals surface area contributed by atoms with Crippen molar-refractivity contribution in [3.05, 3.63) is 0 Å². The van der Waals surface area contributed by atoms with Gasteiger partial charge in [0.2, 0.25) is 0 Å². The number of rotatable bonds is 3. The predicted molar refractivity (Wildman–Crippen MR) is 51.5 cm³/mol. The van der Waals surface area contributed by atoms with Crippen molar-refractivity contribution in [1.82, 2.24) is 0 Å². The van der Waals surface area contributed by atoms with E-state index in [1.807, 2.05) is 0 Å². The van der Waals surface area contributed by atoms with Crippen LogP contribution in [0.2, 0.25) is 0 Å². The van der Waals surface area contributed by atoms with Gasteiger partial charge in [-0.2, -0.15) is 0 Å². The normalized spacial score (nSPS) is 22.2. The van der Waals surface area contributed by atoms with Gasteiger partial charge in [0.25, 0.3) is 0 Å². The monoisotopic (exact) mass is 188 g/mol. The molecule has 2 heteroatoms. The van der Waals surface area contributed by atoms with Gasteiger partial charge in [-0.05, 0) is 12.8 Å². The fraction of sp³-hybridized carbons (Fsp3) is 0.900. The van der Waals surface area contributed by atoms with E-state index < -0.39 is 0 Å². The van der Waals surface area contributed by atoms with Crippen LogP contribution in [0.5, 0.6) is 0 Å². The van der Waals surface area contributed by atoms with E-state index >= 15 is 0 Å². The molecule has 1 saturated carbocycles. The molecule has 1 aliphatic carbocycles. The standard InChI is InChI=1S/C10H17ClO/c1-8(11)10(12)7-9-5-3-2-4-6-9/h8-9H,2-7H2,1H3. The Morgan fingerprint density at radius 1 is 1.42 bits per heavy atom. The van der Waals surface area contributed by atoms with Crippen molar-refractivity contribution in [1.29, 1.82) is 0 Å². The summed E-state index contributed by atoms with van der Waals surface area (Å²) >= 11 is 5.70. The quantitative estimate of drug-likeness (QED) is 0.622. The van der Waals surface area contributed by atoms with Crippen LogP contribution in [-0.2, 0) is 4.79 Å². The summed E-state index contributed by atoms with van der Waals surface area (Å²) in [6, 6.07) is 0. The number of halogens is 1. The third-order valence-corrected chi connectivity index (χ3v) is 2.90. The Hall–Kier alpha value is -0.0400. The second kappa shape index (κ2) is 4.86. The largest absolute Gasteiger partial charge is 0.298 e. The lowest BCUT2D eigenvalue weighted by Gasteiger charge is -2.20. The van der Waals surface area contributed by atoms with Crippen LogP contribution in [0.4, 0.5) is 0 Å². The summed E-state index contributed by atoms with van der Waals surface area (Å²) < 4.78 is 0. The first-order valence-electron chi connectivity index (χ1n) is 4.87. The highest BCUT2D eigenvalue weighted by Gasteiger charge is 2.19. The molecule has 0 N–H and O–H groups in total. The van der Waals surface area contributed by atoms with E-state index in [0.29, 0.717) is 12.3 Å². The molecule has 0 bridgehead atoms. The summed E-state index contributed by atoms with van der Waals surface area (Å²) in [4.78, 5) is 11.3. The molecule has 0 aromatic carbocycles. The number of carbonyl (C=O) groups excluding carboxylic acids is 1. The third kappa shape index (κ3) is 3.14. The summed E-state index contributed by atoms with van der Waals surface area (Å²) in [7, 11) is 0. The van der Waals surface area contributed by atoms with Gasteiger partial charge in [0.1, 0.15) is 0 Å². The van der Waals surface area contributed by atoms with Gasteiger partial charge >= 0.3 is 0 Å². The van der Waals surface area contributed by atoms with Gasteiger partial charge in [-0.25, -0.2) is 0 Å². The lowest BCUT2D eigenvalue weighted by Crippen LogP contribution is -2.17. The maximum absolute atomic E-state index is 11.3. The van der Waals surface area contributed by atoms with E-state index in [9.17, 15) is 4.79 Å². The molecule has 0 amide bonds. The first kappa shape index (κ1) is 10.0. The molecule has 1 atom stereocenters. The van der Waals surface area contributed by atoms with Crippen molar-refractivity contribution >= 4 is 17.4 Å². The third-order valence-electron chi connectivity index (χ3n) is 2.66. The molecule has 1 rings (SSSR count). The second-order valence-electron chi connectivity index (χ2n) is 3.79. The fourth-order valence-corrected chi connectivity index (χ4v) is 1.93. The van der Waals surface area contributed by atoms with Gasteiger partial charge in [-0.1, -0.05) is 32.1 Å². The smallest absolute Gasteiger partial charge is 0.150 e. The van der Waals surface area contributed by atoms with E-state index in [2.05, 4.69) is 0 Å². The van der Waals surface area contributed by atoms with Gasteiger partial charge in [0.15, 0.2) is 5.78 Å². The highest BCUT2D eigenvalue weighted by molar-refractivity contribution is 6.30. The highest BCUT2D eigenvalue weighted by Crippen LogP contribution is 2.27. The average Bonchev–Trinajstić information content (AvgIpc) is 2.06. The Morgan fingerprint density at radius 2 is 2.00 bits per heavy atom. The molecule has 0 saturated heterocycles. The van der Waals surface area contributed by atoms with Crippen LogP contribution in [0, 0.1) is 5.92 Å². The van der Waals surface area contributed by atoms with Crippen LogP contribution in [0.1, 0.15) is 45.4 Å². The molecule has 0 aromatic rings. The van der Waals surface area contributed by atoms with E-state index in [0.717, 1.165) is 0 Å². The van der Waals surface area contributed by atoms with Crippen LogP contribution >= 0.6 is 11.6 Å². The number of hydrogen-bond acceptors (Lipinski definition) is 1. The second-order valence-corrected chi connectivity index (χ2v) is 4.45. The van der Waals surface area contributed by atoms with Gasteiger partial charge < -0.3 is 0 Å². The number of Topliss-reactive ketones (excluding diaryl/α,β-unsaturated/α-hetero) is 1. The van der Waals surface area contributed by atoms with Crippen LogP contribution in [0.15, 0.2) is 0 Å². The maximum atomic E-state index is 11.3. The minimum Gasteiger partial charge on any atom is -0.298 e. The Kier molecular flexibility index (Phi) is 4.07. The minimum absolute atomic E-state index is 0.226. The zero-order valence-corrected chi connectivity index (χ0v) is 8.44. The van der Waals surface area contributed by atoms with Crippen LogP contribution in [-0.4, -0.2) is 11.2 Å². The summed E-state index contributed by atoms with van der Waals surface area (Å²) in [5.41, 5.74) is 0. The molecular formula is C10H17ClO. The Morgan fingerprint density at radius 3 is 2.50 bits per heavy atom. The fourth-order valence-electron chi connectivity index (χ4n) is 1.84. The molecule has 12 heavy (non-hydrogen) atoms. The summed E-state index contributed by atoms with van der Waals surface area (Å²) in [6.45, 7) is 1.77. The molecule has 70 valence electrons. The Labute approximate surface area is 79.5 Å².